The second kappa shape index (κ2) is 7.28. The third-order valence-electron chi connectivity index (χ3n) is 4.54. The van der Waals surface area contributed by atoms with E-state index in [1.807, 2.05) is 0 Å². The van der Waals surface area contributed by atoms with Crippen LogP contribution >= 0.6 is 0 Å². The van der Waals surface area contributed by atoms with Crippen molar-refractivity contribution < 1.29 is 4.79 Å². The number of rotatable bonds is 8. The maximum atomic E-state index is 11.9. The van der Waals surface area contributed by atoms with Gasteiger partial charge in [-0.2, -0.15) is 0 Å². The molecule has 3 heteroatoms. The molecule has 0 radical (unpaired) electrons. The summed E-state index contributed by atoms with van der Waals surface area (Å²) in [4.78, 5) is 11.9. The number of hydrogen-bond donors (Lipinski definition) is 2. The first-order valence-corrected chi connectivity index (χ1v) is 8.15. The van der Waals surface area contributed by atoms with Gasteiger partial charge in [-0.05, 0) is 56.4 Å². The summed E-state index contributed by atoms with van der Waals surface area (Å²) in [6.45, 7) is 6.09. The number of amides is 1. The van der Waals surface area contributed by atoms with E-state index in [0.29, 0.717) is 12.6 Å². The molecule has 2 N–H and O–H groups in total. The maximum absolute atomic E-state index is 11.9. The van der Waals surface area contributed by atoms with Crippen LogP contribution < -0.4 is 10.6 Å². The van der Waals surface area contributed by atoms with Gasteiger partial charge in [-0.15, -0.1) is 0 Å². The van der Waals surface area contributed by atoms with Gasteiger partial charge in [-0.25, -0.2) is 0 Å². The van der Waals surface area contributed by atoms with Crippen molar-refractivity contribution in [1.82, 2.24) is 10.6 Å². The molecule has 2 saturated carbocycles. The van der Waals surface area contributed by atoms with E-state index in [0.717, 1.165) is 24.3 Å². The lowest BCUT2D eigenvalue weighted by atomic mass is 9.93. The molecule has 2 unspecified atom stereocenters. The van der Waals surface area contributed by atoms with Crippen LogP contribution in [0.25, 0.3) is 0 Å². The molecule has 0 spiro atoms. The normalized spacial score (nSPS) is 26.9. The number of carbonyl (C=O) groups excluding carboxylic acids is 1. The topological polar surface area (TPSA) is 41.1 Å². The first kappa shape index (κ1) is 14.8. The van der Waals surface area contributed by atoms with E-state index < -0.39 is 0 Å². The Kier molecular flexibility index (Phi) is 5.68. The molecule has 0 heterocycles. The average Bonchev–Trinajstić information content (AvgIpc) is 3.07. The van der Waals surface area contributed by atoms with Gasteiger partial charge in [0.05, 0.1) is 6.54 Å². The molecule has 2 rings (SSSR count). The highest BCUT2D eigenvalue weighted by atomic mass is 16.2. The highest BCUT2D eigenvalue weighted by Gasteiger charge is 2.28. The van der Waals surface area contributed by atoms with Crippen molar-refractivity contribution in [2.75, 3.05) is 13.1 Å². The van der Waals surface area contributed by atoms with Gasteiger partial charge in [0.2, 0.25) is 5.91 Å². The van der Waals surface area contributed by atoms with Crippen LogP contribution in [0.4, 0.5) is 0 Å². The molecule has 0 aromatic rings. The molecule has 0 bridgehead atoms. The van der Waals surface area contributed by atoms with Gasteiger partial charge in [0.1, 0.15) is 0 Å². The van der Waals surface area contributed by atoms with Crippen LogP contribution in [0.3, 0.4) is 0 Å². The van der Waals surface area contributed by atoms with E-state index in [2.05, 4.69) is 24.5 Å². The summed E-state index contributed by atoms with van der Waals surface area (Å²) in [5.41, 5.74) is 0. The van der Waals surface area contributed by atoms with Crippen LogP contribution in [0.2, 0.25) is 0 Å². The number of hydrogen-bond acceptors (Lipinski definition) is 2. The second-order valence-electron chi connectivity index (χ2n) is 6.91. The zero-order valence-corrected chi connectivity index (χ0v) is 12.6. The van der Waals surface area contributed by atoms with Crippen molar-refractivity contribution in [1.29, 1.82) is 0 Å². The maximum Gasteiger partial charge on any atom is 0.234 e. The summed E-state index contributed by atoms with van der Waals surface area (Å²) < 4.78 is 0. The minimum absolute atomic E-state index is 0.196. The molecular formula is C16H30N2O. The smallest absolute Gasteiger partial charge is 0.234 e. The molecule has 3 nitrogen and oxygen atoms in total. The van der Waals surface area contributed by atoms with Gasteiger partial charge in [0, 0.05) is 6.04 Å². The molecule has 2 aliphatic rings. The molecule has 0 aliphatic heterocycles. The average molecular weight is 266 g/mol. The lowest BCUT2D eigenvalue weighted by Gasteiger charge is -2.22. The predicted octanol–water partition coefficient (Wildman–Crippen LogP) is 2.71. The molecule has 0 saturated heterocycles. The summed E-state index contributed by atoms with van der Waals surface area (Å²) in [7, 11) is 0. The molecule has 110 valence electrons. The van der Waals surface area contributed by atoms with Crippen molar-refractivity contribution in [2.24, 2.45) is 17.8 Å². The summed E-state index contributed by atoms with van der Waals surface area (Å²) in [6.07, 6.45) is 9.01. The van der Waals surface area contributed by atoms with Crippen molar-refractivity contribution in [2.45, 2.75) is 64.8 Å². The standard InChI is InChI=1S/C16H30N2O/c1-12(2)6-9-14-4-3-5-15(14)18-16(19)11-17-10-13-7-8-13/h12-15,17H,3-11H2,1-2H3,(H,18,19). The molecule has 19 heavy (non-hydrogen) atoms. The molecule has 2 fully saturated rings. The summed E-state index contributed by atoms with van der Waals surface area (Å²) in [5, 5.41) is 6.52. The van der Waals surface area contributed by atoms with Crippen LogP contribution in [0.1, 0.15) is 58.8 Å². The Bertz CT molecular complexity index is 286. The summed E-state index contributed by atoms with van der Waals surface area (Å²) in [6, 6.07) is 0.439. The first-order valence-electron chi connectivity index (χ1n) is 8.15. The largest absolute Gasteiger partial charge is 0.352 e. The number of carbonyl (C=O) groups is 1. The predicted molar refractivity (Wildman–Crippen MR) is 78.9 cm³/mol. The van der Waals surface area contributed by atoms with Crippen LogP contribution in [0.15, 0.2) is 0 Å². The van der Waals surface area contributed by atoms with Crippen LogP contribution in [-0.2, 0) is 4.79 Å². The number of nitrogens with one attached hydrogen (secondary N) is 2. The summed E-state index contributed by atoms with van der Waals surface area (Å²) in [5.74, 6) is 2.53. The molecule has 2 aliphatic carbocycles. The van der Waals surface area contributed by atoms with Crippen molar-refractivity contribution in [3.05, 3.63) is 0 Å². The van der Waals surface area contributed by atoms with Gasteiger partial charge in [0.25, 0.3) is 0 Å². The fourth-order valence-corrected chi connectivity index (χ4v) is 3.09. The van der Waals surface area contributed by atoms with E-state index in [9.17, 15) is 4.79 Å². The van der Waals surface area contributed by atoms with Crippen LogP contribution in [-0.4, -0.2) is 25.0 Å². The van der Waals surface area contributed by atoms with Crippen molar-refractivity contribution in [3.8, 4) is 0 Å². The Labute approximate surface area is 117 Å². The second-order valence-corrected chi connectivity index (χ2v) is 6.91. The van der Waals surface area contributed by atoms with E-state index in [4.69, 9.17) is 0 Å². The third-order valence-corrected chi connectivity index (χ3v) is 4.54. The van der Waals surface area contributed by atoms with Gasteiger partial charge in [-0.3, -0.25) is 4.79 Å². The summed E-state index contributed by atoms with van der Waals surface area (Å²) >= 11 is 0. The van der Waals surface area contributed by atoms with E-state index in [1.54, 1.807) is 0 Å². The quantitative estimate of drug-likeness (QED) is 0.709. The first-order chi connectivity index (χ1) is 9.15. The van der Waals surface area contributed by atoms with Gasteiger partial charge in [-0.1, -0.05) is 26.7 Å². The van der Waals surface area contributed by atoms with Crippen LogP contribution in [0, 0.1) is 17.8 Å². The third kappa shape index (κ3) is 5.52. The van der Waals surface area contributed by atoms with E-state index >= 15 is 0 Å². The van der Waals surface area contributed by atoms with Gasteiger partial charge in [0.15, 0.2) is 0 Å². The van der Waals surface area contributed by atoms with Crippen molar-refractivity contribution >= 4 is 5.91 Å². The van der Waals surface area contributed by atoms with Crippen LogP contribution in [0.5, 0.6) is 0 Å². The molecule has 0 aromatic carbocycles. The monoisotopic (exact) mass is 266 g/mol. The van der Waals surface area contributed by atoms with Gasteiger partial charge >= 0.3 is 0 Å². The highest BCUT2D eigenvalue weighted by molar-refractivity contribution is 5.78. The van der Waals surface area contributed by atoms with E-state index in [1.165, 1.54) is 44.9 Å². The Hall–Kier alpha value is -0.570. The lowest BCUT2D eigenvalue weighted by molar-refractivity contribution is -0.121. The fraction of sp³-hybridized carbons (Fsp3) is 0.938. The Morgan fingerprint density at radius 2 is 2.00 bits per heavy atom. The lowest BCUT2D eigenvalue weighted by Crippen LogP contribution is -2.42. The Balaban J connectivity index is 1.62. The minimum atomic E-state index is 0.196. The van der Waals surface area contributed by atoms with Gasteiger partial charge < -0.3 is 10.6 Å². The molecule has 2 atom stereocenters. The zero-order chi connectivity index (χ0) is 13.7. The Morgan fingerprint density at radius 1 is 1.21 bits per heavy atom. The SMILES string of the molecule is CC(C)CCC1CCCC1NC(=O)CNCC1CC1. The minimum Gasteiger partial charge on any atom is -0.352 e. The fourth-order valence-electron chi connectivity index (χ4n) is 3.09. The Morgan fingerprint density at radius 3 is 2.68 bits per heavy atom. The molecule has 1 amide bonds. The van der Waals surface area contributed by atoms with Crippen molar-refractivity contribution in [3.63, 3.8) is 0 Å². The van der Waals surface area contributed by atoms with E-state index in [-0.39, 0.29) is 5.91 Å². The zero-order valence-electron chi connectivity index (χ0n) is 12.6. The highest BCUT2D eigenvalue weighted by Crippen LogP contribution is 2.30. The molecular weight excluding hydrogens is 236 g/mol. The molecule has 0 aromatic heterocycles.